The van der Waals surface area contributed by atoms with Crippen LogP contribution >= 0.6 is 15.8 Å². The van der Waals surface area contributed by atoms with Crippen LogP contribution in [0.15, 0.2) is 48.5 Å². The fraction of sp³-hybridized carbons (Fsp3) is 0.442. The summed E-state index contributed by atoms with van der Waals surface area (Å²) in [4.78, 5) is 0. The average molecular weight is 701 g/mol. The van der Waals surface area contributed by atoms with Crippen molar-refractivity contribution in [2.45, 2.75) is 95.0 Å². The molecule has 4 nitrogen and oxygen atoms in total. The van der Waals surface area contributed by atoms with Gasteiger partial charge in [-0.05, 0) is 196 Å². The van der Waals surface area contributed by atoms with E-state index in [0.717, 1.165) is 17.7 Å². The SMILES string of the molecule is COc1cc(C)c(P(CC2COC(C)(C)O2)c2c(C)cc(OC)cc2C)c(C)c1.Cc1cc(C)c(P(C)c2c(C)cc(C)cc2C)c(C)c1. The van der Waals surface area contributed by atoms with Crippen LogP contribution in [-0.2, 0) is 9.47 Å². The third-order valence-electron chi connectivity index (χ3n) is 9.34. The molecule has 0 radical (unpaired) electrons. The Labute approximate surface area is 299 Å². The van der Waals surface area contributed by atoms with E-state index in [1.807, 2.05) is 13.8 Å². The molecule has 1 aliphatic rings. The second kappa shape index (κ2) is 16.1. The van der Waals surface area contributed by atoms with E-state index >= 15 is 0 Å². The lowest BCUT2D eigenvalue weighted by Crippen LogP contribution is -2.29. The molecule has 49 heavy (non-hydrogen) atoms. The molecule has 4 aromatic carbocycles. The Morgan fingerprint density at radius 2 is 0.898 bits per heavy atom. The van der Waals surface area contributed by atoms with Gasteiger partial charge in [0, 0.05) is 6.16 Å². The third-order valence-corrected chi connectivity index (χ3v) is 15.4. The Balaban J connectivity index is 0.000000237. The summed E-state index contributed by atoms with van der Waals surface area (Å²) in [5, 5.41) is 5.93. The fourth-order valence-electron chi connectivity index (χ4n) is 7.79. The van der Waals surface area contributed by atoms with E-state index in [9.17, 15) is 0 Å². The summed E-state index contributed by atoms with van der Waals surface area (Å²) in [6.45, 7) is 29.2. The predicted molar refractivity (Wildman–Crippen MR) is 214 cm³/mol. The number of ether oxygens (including phenoxy) is 4. The highest BCUT2D eigenvalue weighted by molar-refractivity contribution is 7.73. The molecule has 0 aromatic heterocycles. The fourth-order valence-corrected chi connectivity index (χ4v) is 13.5. The van der Waals surface area contributed by atoms with Crippen LogP contribution in [0.4, 0.5) is 0 Å². The maximum Gasteiger partial charge on any atom is 0.163 e. The molecule has 5 rings (SSSR count). The summed E-state index contributed by atoms with van der Waals surface area (Å²) in [7, 11) is 2.53. The van der Waals surface area contributed by atoms with Gasteiger partial charge >= 0.3 is 0 Å². The zero-order valence-electron chi connectivity index (χ0n) is 32.6. The predicted octanol–water partition coefficient (Wildman–Crippen LogP) is 9.12. The van der Waals surface area contributed by atoms with Gasteiger partial charge in [-0.2, -0.15) is 0 Å². The van der Waals surface area contributed by atoms with E-state index < -0.39 is 13.7 Å². The van der Waals surface area contributed by atoms with Crippen LogP contribution in [0.1, 0.15) is 69.5 Å². The van der Waals surface area contributed by atoms with Gasteiger partial charge in [-0.3, -0.25) is 0 Å². The minimum absolute atomic E-state index is 0.0814. The van der Waals surface area contributed by atoms with Crippen molar-refractivity contribution in [3.63, 3.8) is 0 Å². The summed E-state index contributed by atoms with van der Waals surface area (Å²) in [6.07, 6.45) is 1.01. The monoisotopic (exact) mass is 700 g/mol. The summed E-state index contributed by atoms with van der Waals surface area (Å²) in [5.74, 6) is 1.30. The normalized spacial score (nSPS) is 15.4. The lowest BCUT2D eigenvalue weighted by molar-refractivity contribution is -0.135. The number of methoxy groups -OCH3 is 2. The average Bonchev–Trinajstić information content (AvgIpc) is 3.33. The Morgan fingerprint density at radius 1 is 0.571 bits per heavy atom. The zero-order chi connectivity index (χ0) is 36.4. The van der Waals surface area contributed by atoms with Crippen LogP contribution in [0, 0.1) is 69.2 Å². The van der Waals surface area contributed by atoms with E-state index in [0.29, 0.717) is 6.61 Å². The van der Waals surface area contributed by atoms with E-state index in [4.69, 9.17) is 18.9 Å². The zero-order valence-corrected chi connectivity index (χ0v) is 34.4. The van der Waals surface area contributed by atoms with E-state index in [1.165, 1.54) is 66.2 Å². The van der Waals surface area contributed by atoms with Gasteiger partial charge in [-0.15, -0.1) is 0 Å². The van der Waals surface area contributed by atoms with Crippen molar-refractivity contribution in [3.05, 3.63) is 104 Å². The van der Waals surface area contributed by atoms with E-state index in [2.05, 4.69) is 124 Å². The van der Waals surface area contributed by atoms with Crippen molar-refractivity contribution < 1.29 is 18.9 Å². The molecule has 1 heterocycles. The number of hydrogen-bond donors (Lipinski definition) is 0. The third kappa shape index (κ3) is 9.14. The number of aryl methyl sites for hydroxylation is 10. The molecule has 0 saturated carbocycles. The smallest absolute Gasteiger partial charge is 0.163 e. The molecule has 1 saturated heterocycles. The van der Waals surface area contributed by atoms with Crippen molar-refractivity contribution in [1.29, 1.82) is 0 Å². The van der Waals surface area contributed by atoms with Crippen molar-refractivity contribution in [3.8, 4) is 11.5 Å². The Kier molecular flexibility index (Phi) is 12.8. The molecular formula is C43H58O4P2. The number of hydrogen-bond acceptors (Lipinski definition) is 4. The van der Waals surface area contributed by atoms with Crippen LogP contribution < -0.4 is 30.7 Å². The largest absolute Gasteiger partial charge is 0.497 e. The minimum atomic E-state index is -0.638. The molecule has 6 heteroatoms. The Bertz CT molecular complexity index is 1600. The highest BCUT2D eigenvalue weighted by atomic mass is 31.1. The first kappa shape index (κ1) is 39.1. The minimum Gasteiger partial charge on any atom is -0.497 e. The molecule has 1 atom stereocenters. The molecule has 4 aromatic rings. The molecule has 264 valence electrons. The van der Waals surface area contributed by atoms with Crippen LogP contribution in [0.3, 0.4) is 0 Å². The molecule has 1 aliphatic heterocycles. The second-order valence-corrected chi connectivity index (χ2v) is 18.5. The maximum absolute atomic E-state index is 6.22. The van der Waals surface area contributed by atoms with Gasteiger partial charge < -0.3 is 18.9 Å². The summed E-state index contributed by atoms with van der Waals surface area (Å²) in [5.41, 5.74) is 13.5. The standard InChI is InChI=1S/C24H33O4P.C19H25P/c1-15-9-19(25-7)10-16(2)22(15)29(14-21-13-27-24(5,6)28-21)23-17(3)11-20(26-8)12-18(23)4;1-12-8-14(3)18(15(4)9-12)20(7)19-16(5)10-13(2)11-17(19)6/h9-12,21H,13-14H2,1-8H3;8-11H,1-7H3. The Morgan fingerprint density at radius 3 is 1.18 bits per heavy atom. The molecule has 1 fully saturated rings. The molecule has 0 N–H and O–H groups in total. The molecule has 0 bridgehead atoms. The van der Waals surface area contributed by atoms with Gasteiger partial charge in [0.2, 0.25) is 0 Å². The van der Waals surface area contributed by atoms with Gasteiger partial charge in [0.05, 0.1) is 26.9 Å². The van der Waals surface area contributed by atoms with Crippen LogP contribution in [0.2, 0.25) is 0 Å². The maximum atomic E-state index is 6.22. The topological polar surface area (TPSA) is 36.9 Å². The highest BCUT2D eigenvalue weighted by Crippen LogP contribution is 2.43. The summed E-state index contributed by atoms with van der Waals surface area (Å²) >= 11 is 0. The first-order chi connectivity index (χ1) is 23.0. The van der Waals surface area contributed by atoms with Gasteiger partial charge in [0.1, 0.15) is 11.5 Å². The van der Waals surface area contributed by atoms with Gasteiger partial charge in [0.25, 0.3) is 0 Å². The number of benzene rings is 4. The van der Waals surface area contributed by atoms with Crippen molar-refractivity contribution in [2.24, 2.45) is 0 Å². The lowest BCUT2D eigenvalue weighted by atomic mass is 10.1. The molecule has 0 spiro atoms. The van der Waals surface area contributed by atoms with Crippen LogP contribution in [0.5, 0.6) is 11.5 Å². The van der Waals surface area contributed by atoms with Crippen molar-refractivity contribution >= 4 is 37.1 Å². The summed E-state index contributed by atoms with van der Waals surface area (Å²) < 4.78 is 23.1. The van der Waals surface area contributed by atoms with E-state index in [1.54, 1.807) is 24.8 Å². The lowest BCUT2D eigenvalue weighted by Gasteiger charge is -2.29. The van der Waals surface area contributed by atoms with Crippen molar-refractivity contribution in [2.75, 3.05) is 33.7 Å². The molecule has 0 amide bonds. The first-order valence-electron chi connectivity index (χ1n) is 17.3. The first-order valence-corrected chi connectivity index (χ1v) is 20.6. The Hall–Kier alpha value is -2.74. The van der Waals surface area contributed by atoms with Crippen molar-refractivity contribution in [1.82, 2.24) is 0 Å². The van der Waals surface area contributed by atoms with Gasteiger partial charge in [-0.25, -0.2) is 0 Å². The van der Waals surface area contributed by atoms with Crippen LogP contribution in [-0.4, -0.2) is 45.5 Å². The van der Waals surface area contributed by atoms with Gasteiger partial charge in [0.15, 0.2) is 5.79 Å². The number of rotatable bonds is 8. The quantitative estimate of drug-likeness (QED) is 0.172. The highest BCUT2D eigenvalue weighted by Gasteiger charge is 2.36. The second-order valence-electron chi connectivity index (χ2n) is 14.3. The summed E-state index contributed by atoms with van der Waals surface area (Å²) in [6, 6.07) is 17.8. The van der Waals surface area contributed by atoms with E-state index in [-0.39, 0.29) is 14.0 Å². The molecule has 0 aliphatic carbocycles. The molecular weight excluding hydrogens is 642 g/mol. The van der Waals surface area contributed by atoms with Gasteiger partial charge in [-0.1, -0.05) is 35.4 Å². The molecule has 1 unspecified atom stereocenters. The van der Waals surface area contributed by atoms with Crippen LogP contribution in [0.25, 0.3) is 0 Å².